The minimum Gasteiger partial charge on any atom is -0.481 e. The van der Waals surface area contributed by atoms with E-state index in [0.29, 0.717) is 6.42 Å². The van der Waals surface area contributed by atoms with Crippen LogP contribution in [0.4, 0.5) is 4.79 Å². The zero-order valence-electron chi connectivity index (χ0n) is 14.1. The van der Waals surface area contributed by atoms with Gasteiger partial charge in [0.25, 0.3) is 0 Å². The number of aliphatic carboxylic acids is 1. The summed E-state index contributed by atoms with van der Waals surface area (Å²) in [5.74, 6) is -0.482. The van der Waals surface area contributed by atoms with E-state index in [2.05, 4.69) is 17.1 Å². The highest BCUT2D eigenvalue weighted by Gasteiger charge is 2.28. The number of benzene rings is 1. The molecule has 0 bridgehead atoms. The number of carbonyl (C=O) groups is 2. The number of likely N-dealkylation sites (N-methyl/N-ethyl adjacent to an activating group) is 1. The maximum absolute atomic E-state index is 12.0. The summed E-state index contributed by atoms with van der Waals surface area (Å²) < 4.78 is 5.27. The summed E-state index contributed by atoms with van der Waals surface area (Å²) in [5, 5.41) is 11.8. The Labute approximate surface area is 142 Å². The van der Waals surface area contributed by atoms with Gasteiger partial charge in [-0.05, 0) is 30.9 Å². The van der Waals surface area contributed by atoms with Crippen LogP contribution >= 0.6 is 0 Å². The van der Waals surface area contributed by atoms with E-state index in [1.165, 1.54) is 0 Å². The van der Waals surface area contributed by atoms with Gasteiger partial charge in [-0.2, -0.15) is 0 Å². The van der Waals surface area contributed by atoms with E-state index in [1.54, 1.807) is 0 Å². The Hall–Kier alpha value is -2.08. The van der Waals surface area contributed by atoms with Crippen molar-refractivity contribution in [2.75, 3.05) is 19.6 Å². The lowest BCUT2D eigenvalue weighted by Crippen LogP contribution is -2.50. The van der Waals surface area contributed by atoms with Crippen molar-refractivity contribution in [1.29, 1.82) is 0 Å². The first-order valence-corrected chi connectivity index (χ1v) is 8.48. The number of rotatable bonds is 7. The molecule has 0 saturated carbocycles. The van der Waals surface area contributed by atoms with E-state index < -0.39 is 12.1 Å². The normalized spacial score (nSPS) is 21.2. The number of nitrogens with zero attached hydrogens (tertiary/aromatic N) is 1. The summed E-state index contributed by atoms with van der Waals surface area (Å²) in [4.78, 5) is 25.0. The number of carboxylic acid groups (broad SMARTS) is 1. The van der Waals surface area contributed by atoms with Crippen molar-refractivity contribution in [2.24, 2.45) is 5.92 Å². The molecule has 1 aromatic rings. The highest BCUT2D eigenvalue weighted by atomic mass is 16.5. The molecule has 2 unspecified atom stereocenters. The molecule has 1 amide bonds. The second-order valence-electron chi connectivity index (χ2n) is 6.29. The Kier molecular flexibility index (Phi) is 7.06. The first-order chi connectivity index (χ1) is 11.6. The summed E-state index contributed by atoms with van der Waals surface area (Å²) in [5.41, 5.74) is 0.950. The Morgan fingerprint density at radius 3 is 2.71 bits per heavy atom. The smallest absolute Gasteiger partial charge is 0.407 e. The first kappa shape index (κ1) is 18.3. The van der Waals surface area contributed by atoms with Crippen LogP contribution in [0.5, 0.6) is 0 Å². The van der Waals surface area contributed by atoms with Crippen molar-refractivity contribution < 1.29 is 19.4 Å². The Morgan fingerprint density at radius 2 is 2.04 bits per heavy atom. The van der Waals surface area contributed by atoms with Gasteiger partial charge in [-0.15, -0.1) is 0 Å². The van der Waals surface area contributed by atoms with Crippen molar-refractivity contribution >= 4 is 12.1 Å². The van der Waals surface area contributed by atoms with Crippen molar-refractivity contribution in [3.8, 4) is 0 Å². The minimum absolute atomic E-state index is 0.000711. The van der Waals surface area contributed by atoms with E-state index in [4.69, 9.17) is 9.84 Å². The van der Waals surface area contributed by atoms with Crippen LogP contribution < -0.4 is 5.32 Å². The molecular formula is C18H26N2O4. The van der Waals surface area contributed by atoms with Crippen LogP contribution in [-0.4, -0.2) is 47.7 Å². The third-order valence-electron chi connectivity index (χ3n) is 4.36. The number of carbonyl (C=O) groups excluding carboxylic acids is 1. The van der Waals surface area contributed by atoms with Crippen LogP contribution in [0.15, 0.2) is 30.3 Å². The highest BCUT2D eigenvalue weighted by Crippen LogP contribution is 2.21. The summed E-state index contributed by atoms with van der Waals surface area (Å²) in [6, 6.07) is 9.56. The zero-order chi connectivity index (χ0) is 17.4. The molecule has 24 heavy (non-hydrogen) atoms. The second-order valence-corrected chi connectivity index (χ2v) is 6.29. The number of ether oxygens (including phenoxy) is 1. The largest absolute Gasteiger partial charge is 0.481 e. The minimum atomic E-state index is -0.768. The summed E-state index contributed by atoms with van der Waals surface area (Å²) in [7, 11) is 0. The van der Waals surface area contributed by atoms with E-state index in [9.17, 15) is 9.59 Å². The van der Waals surface area contributed by atoms with E-state index in [1.807, 2.05) is 30.3 Å². The monoisotopic (exact) mass is 334 g/mol. The van der Waals surface area contributed by atoms with Gasteiger partial charge in [-0.1, -0.05) is 37.3 Å². The number of likely N-dealkylation sites (tertiary alicyclic amines) is 1. The predicted molar refractivity (Wildman–Crippen MR) is 90.6 cm³/mol. The number of carboxylic acids is 1. The molecule has 0 aromatic heterocycles. The lowest BCUT2D eigenvalue weighted by atomic mass is 9.90. The van der Waals surface area contributed by atoms with Gasteiger partial charge in [0.05, 0.1) is 0 Å². The molecule has 1 saturated heterocycles. The van der Waals surface area contributed by atoms with Crippen LogP contribution in [-0.2, 0) is 16.1 Å². The molecule has 0 spiro atoms. The maximum atomic E-state index is 12.0. The van der Waals surface area contributed by atoms with Gasteiger partial charge >= 0.3 is 12.1 Å². The van der Waals surface area contributed by atoms with Gasteiger partial charge in [0.15, 0.2) is 0 Å². The van der Waals surface area contributed by atoms with Gasteiger partial charge in [0, 0.05) is 25.6 Å². The third-order valence-corrected chi connectivity index (χ3v) is 4.36. The number of hydrogen-bond donors (Lipinski definition) is 2. The lowest BCUT2D eigenvalue weighted by molar-refractivity contribution is -0.137. The number of nitrogens with one attached hydrogen (secondary N) is 1. The zero-order valence-corrected chi connectivity index (χ0v) is 14.1. The topological polar surface area (TPSA) is 78.9 Å². The Bertz CT molecular complexity index is 535. The molecule has 1 aliphatic rings. The number of amides is 1. The fourth-order valence-corrected chi connectivity index (χ4v) is 3.13. The Morgan fingerprint density at radius 1 is 1.29 bits per heavy atom. The number of piperidine rings is 1. The molecule has 2 atom stereocenters. The predicted octanol–water partition coefficient (Wildman–Crippen LogP) is 2.49. The molecule has 6 nitrogen and oxygen atoms in total. The van der Waals surface area contributed by atoms with Gasteiger partial charge in [-0.3, -0.25) is 4.79 Å². The van der Waals surface area contributed by atoms with Crippen LogP contribution in [0.25, 0.3) is 0 Å². The van der Waals surface area contributed by atoms with E-state index >= 15 is 0 Å². The summed E-state index contributed by atoms with van der Waals surface area (Å²) in [6.07, 6.45) is 1.19. The number of alkyl carbamates (subject to hydrolysis) is 1. The molecule has 6 heteroatoms. The fourth-order valence-electron chi connectivity index (χ4n) is 3.13. The maximum Gasteiger partial charge on any atom is 0.407 e. The molecular weight excluding hydrogens is 308 g/mol. The Balaban J connectivity index is 1.80. The molecule has 0 aliphatic carbocycles. The average molecular weight is 334 g/mol. The van der Waals surface area contributed by atoms with Gasteiger partial charge in [-0.25, -0.2) is 4.79 Å². The standard InChI is InChI=1S/C18H26N2O4/c1-2-20-11-15(8-9-17(21)22)10-16(12-20)19-18(23)24-13-14-6-4-3-5-7-14/h3-7,15-16H,2,8-13H2,1H3,(H,19,23)(H,21,22). The fraction of sp³-hybridized carbons (Fsp3) is 0.556. The molecule has 0 radical (unpaired) electrons. The molecule has 1 fully saturated rings. The van der Waals surface area contributed by atoms with Crippen LogP contribution in [0.3, 0.4) is 0 Å². The molecule has 1 heterocycles. The van der Waals surface area contributed by atoms with Crippen molar-refractivity contribution in [3.05, 3.63) is 35.9 Å². The van der Waals surface area contributed by atoms with E-state index in [0.717, 1.165) is 31.6 Å². The van der Waals surface area contributed by atoms with Gasteiger partial charge in [0.1, 0.15) is 6.61 Å². The van der Waals surface area contributed by atoms with E-state index in [-0.39, 0.29) is 25.0 Å². The highest BCUT2D eigenvalue weighted by molar-refractivity contribution is 5.67. The average Bonchev–Trinajstić information content (AvgIpc) is 2.59. The third kappa shape index (κ3) is 6.20. The molecule has 2 rings (SSSR count). The summed E-state index contributed by atoms with van der Waals surface area (Å²) in [6.45, 7) is 4.88. The molecule has 1 aromatic carbocycles. The second kappa shape index (κ2) is 9.27. The van der Waals surface area contributed by atoms with Crippen molar-refractivity contribution in [3.63, 3.8) is 0 Å². The van der Waals surface area contributed by atoms with Crippen LogP contribution in [0.2, 0.25) is 0 Å². The molecule has 132 valence electrons. The SMILES string of the molecule is CCN1CC(CCC(=O)O)CC(NC(=O)OCc2ccccc2)C1. The van der Waals surface area contributed by atoms with Crippen LogP contribution in [0, 0.1) is 5.92 Å². The molecule has 2 N–H and O–H groups in total. The first-order valence-electron chi connectivity index (χ1n) is 8.48. The van der Waals surface area contributed by atoms with Crippen LogP contribution in [0.1, 0.15) is 31.7 Å². The van der Waals surface area contributed by atoms with Crippen molar-refractivity contribution in [2.45, 2.75) is 38.8 Å². The van der Waals surface area contributed by atoms with Gasteiger partial charge in [0.2, 0.25) is 0 Å². The quantitative estimate of drug-likeness (QED) is 0.801. The molecule has 1 aliphatic heterocycles. The van der Waals surface area contributed by atoms with Gasteiger partial charge < -0.3 is 20.1 Å². The lowest BCUT2D eigenvalue weighted by Gasteiger charge is -2.37. The van der Waals surface area contributed by atoms with Crippen molar-refractivity contribution in [1.82, 2.24) is 10.2 Å². The summed E-state index contributed by atoms with van der Waals surface area (Å²) >= 11 is 0. The number of hydrogen-bond acceptors (Lipinski definition) is 4.